The summed E-state index contributed by atoms with van der Waals surface area (Å²) < 4.78 is 31.3. The van der Waals surface area contributed by atoms with Crippen LogP contribution in [-0.2, 0) is 24.2 Å². The maximum absolute atomic E-state index is 13.5. The van der Waals surface area contributed by atoms with E-state index in [9.17, 15) is 18.0 Å². The van der Waals surface area contributed by atoms with Crippen molar-refractivity contribution in [3.63, 3.8) is 0 Å². The Morgan fingerprint density at radius 3 is 2.09 bits per heavy atom. The molecule has 0 heterocycles. The van der Waals surface area contributed by atoms with Crippen LogP contribution in [0.1, 0.15) is 58.8 Å². The molecule has 7 heteroatoms. The Kier molecular flexibility index (Phi) is 10.8. The number of hydrogen-bond acceptors (Lipinski definition) is 5. The number of amides is 1. The van der Waals surface area contributed by atoms with Crippen LogP contribution in [0.2, 0.25) is 0 Å². The number of sulfone groups is 1. The van der Waals surface area contributed by atoms with Crippen molar-refractivity contribution in [2.75, 3.05) is 26.0 Å². The molecule has 0 aliphatic heterocycles. The highest BCUT2D eigenvalue weighted by Gasteiger charge is 2.32. The van der Waals surface area contributed by atoms with Gasteiger partial charge in [-0.3, -0.25) is 9.59 Å². The maximum Gasteiger partial charge on any atom is 0.306 e. The molecule has 0 saturated heterocycles. The molecule has 0 N–H and O–H groups in total. The minimum Gasteiger partial charge on any atom is -0.469 e. The normalized spacial score (nSPS) is 12.5. The average molecular weight is 476 g/mol. The smallest absolute Gasteiger partial charge is 0.306 e. The summed E-state index contributed by atoms with van der Waals surface area (Å²) in [5.41, 5.74) is 0. The molecule has 2 aromatic carbocycles. The van der Waals surface area contributed by atoms with E-state index in [4.69, 9.17) is 4.74 Å². The molecule has 1 amide bonds. The molecule has 2 aromatic rings. The van der Waals surface area contributed by atoms with Crippen molar-refractivity contribution in [1.82, 2.24) is 4.90 Å². The van der Waals surface area contributed by atoms with Gasteiger partial charge < -0.3 is 9.64 Å². The van der Waals surface area contributed by atoms with E-state index in [0.29, 0.717) is 13.1 Å². The number of fused-ring (bicyclic) bond motifs is 1. The minimum absolute atomic E-state index is 0.160. The number of esters is 1. The lowest BCUT2D eigenvalue weighted by Crippen LogP contribution is -2.41. The van der Waals surface area contributed by atoms with Gasteiger partial charge in [0.15, 0.2) is 9.84 Å². The van der Waals surface area contributed by atoms with Crippen LogP contribution in [0, 0.1) is 5.92 Å². The molecule has 182 valence electrons. The van der Waals surface area contributed by atoms with Gasteiger partial charge in [-0.25, -0.2) is 8.42 Å². The van der Waals surface area contributed by atoms with Crippen LogP contribution >= 0.6 is 0 Å². The number of unbranched alkanes of at least 4 members (excludes halogenated alkanes) is 4. The van der Waals surface area contributed by atoms with E-state index >= 15 is 0 Å². The molecule has 0 aliphatic rings. The zero-order valence-electron chi connectivity index (χ0n) is 20.1. The van der Waals surface area contributed by atoms with Crippen molar-refractivity contribution in [3.05, 3.63) is 42.5 Å². The fraction of sp³-hybridized carbons (Fsp3) is 0.538. The molecule has 2 rings (SSSR count). The summed E-state index contributed by atoms with van der Waals surface area (Å²) in [7, 11) is -2.54. The lowest BCUT2D eigenvalue weighted by molar-refractivity contribution is -0.146. The third kappa shape index (κ3) is 8.14. The molecule has 0 fully saturated rings. The summed E-state index contributed by atoms with van der Waals surface area (Å²) in [5, 5.41) is 1.76. The van der Waals surface area contributed by atoms with Crippen molar-refractivity contribution >= 4 is 32.5 Å². The van der Waals surface area contributed by atoms with Crippen LogP contribution in [0.15, 0.2) is 47.4 Å². The zero-order chi connectivity index (χ0) is 24.3. The molecule has 0 aliphatic carbocycles. The van der Waals surface area contributed by atoms with Gasteiger partial charge in [0.1, 0.15) is 0 Å². The zero-order valence-corrected chi connectivity index (χ0v) is 20.9. The highest BCUT2D eigenvalue weighted by Crippen LogP contribution is 2.23. The van der Waals surface area contributed by atoms with E-state index < -0.39 is 27.5 Å². The summed E-state index contributed by atoms with van der Waals surface area (Å²) in [5.74, 6) is -2.25. The van der Waals surface area contributed by atoms with Crippen LogP contribution in [0.4, 0.5) is 0 Å². The number of hydrogen-bond donors (Lipinski definition) is 0. The van der Waals surface area contributed by atoms with Gasteiger partial charge in [-0.2, -0.15) is 0 Å². The Labute approximate surface area is 198 Å². The van der Waals surface area contributed by atoms with Crippen LogP contribution in [0.5, 0.6) is 0 Å². The third-order valence-corrected chi connectivity index (χ3v) is 7.68. The number of benzene rings is 2. The van der Waals surface area contributed by atoms with Gasteiger partial charge in [0, 0.05) is 13.1 Å². The first-order valence-electron chi connectivity index (χ1n) is 11.9. The highest BCUT2D eigenvalue weighted by atomic mass is 32.2. The second-order valence-electron chi connectivity index (χ2n) is 8.51. The quantitative estimate of drug-likeness (QED) is 0.284. The number of methoxy groups -OCH3 is 1. The van der Waals surface area contributed by atoms with E-state index in [0.717, 1.165) is 49.3 Å². The number of carbonyl (C=O) groups excluding carboxylic acids is 2. The Hall–Kier alpha value is -2.41. The van der Waals surface area contributed by atoms with Gasteiger partial charge in [0.05, 0.1) is 30.1 Å². The topological polar surface area (TPSA) is 80.8 Å². The molecule has 6 nitrogen and oxygen atoms in total. The Balaban J connectivity index is 2.29. The van der Waals surface area contributed by atoms with Gasteiger partial charge in [0.25, 0.3) is 0 Å². The van der Waals surface area contributed by atoms with Crippen LogP contribution < -0.4 is 0 Å². The summed E-state index contributed by atoms with van der Waals surface area (Å²) in [6.45, 7) is 5.34. The summed E-state index contributed by atoms with van der Waals surface area (Å²) >= 11 is 0. The molecule has 0 radical (unpaired) electrons. The van der Waals surface area contributed by atoms with Crippen LogP contribution in [0.3, 0.4) is 0 Å². The lowest BCUT2D eigenvalue weighted by atomic mass is 10.1. The fourth-order valence-corrected chi connectivity index (χ4v) is 5.48. The van der Waals surface area contributed by atoms with Gasteiger partial charge in [-0.1, -0.05) is 69.9 Å². The number of ether oxygens (including phenoxy) is 1. The largest absolute Gasteiger partial charge is 0.469 e. The van der Waals surface area contributed by atoms with E-state index in [-0.39, 0.29) is 17.2 Å². The SMILES string of the molecule is CCCCCN(CCCCC)C(=O)C(CC(=O)OC)CS(=O)(=O)c1ccc2ccccc2c1. The molecule has 0 aromatic heterocycles. The van der Waals surface area contributed by atoms with Crippen molar-refractivity contribution in [3.8, 4) is 0 Å². The first kappa shape index (κ1) is 26.8. The first-order valence-corrected chi connectivity index (χ1v) is 13.5. The second-order valence-corrected chi connectivity index (χ2v) is 10.5. The van der Waals surface area contributed by atoms with E-state index in [1.807, 2.05) is 24.3 Å². The second kappa shape index (κ2) is 13.3. The average Bonchev–Trinajstić information content (AvgIpc) is 2.81. The molecule has 0 saturated carbocycles. The van der Waals surface area contributed by atoms with E-state index in [1.165, 1.54) is 7.11 Å². The highest BCUT2D eigenvalue weighted by molar-refractivity contribution is 7.91. The first-order chi connectivity index (χ1) is 15.8. The third-order valence-electron chi connectivity index (χ3n) is 5.87. The van der Waals surface area contributed by atoms with Crippen LogP contribution in [0.25, 0.3) is 10.8 Å². The maximum atomic E-state index is 13.5. The number of rotatable bonds is 14. The number of nitrogens with zero attached hydrogens (tertiary/aromatic N) is 1. The Bertz CT molecular complexity index is 1010. The van der Waals surface area contributed by atoms with Crippen molar-refractivity contribution in [2.24, 2.45) is 5.92 Å². The summed E-state index contributed by atoms with van der Waals surface area (Å²) in [6, 6.07) is 12.5. The molecular weight excluding hydrogens is 438 g/mol. The number of carbonyl (C=O) groups is 2. The van der Waals surface area contributed by atoms with Gasteiger partial charge in [0.2, 0.25) is 5.91 Å². The fourth-order valence-electron chi connectivity index (χ4n) is 3.92. The van der Waals surface area contributed by atoms with E-state index in [2.05, 4.69) is 13.8 Å². The van der Waals surface area contributed by atoms with Crippen molar-refractivity contribution < 1.29 is 22.7 Å². The Morgan fingerprint density at radius 1 is 0.909 bits per heavy atom. The summed E-state index contributed by atoms with van der Waals surface area (Å²) in [6.07, 6.45) is 5.51. The summed E-state index contributed by atoms with van der Waals surface area (Å²) in [4.78, 5) is 27.4. The van der Waals surface area contributed by atoms with Gasteiger partial charge in [-0.05, 0) is 35.7 Å². The molecule has 1 unspecified atom stereocenters. The monoisotopic (exact) mass is 475 g/mol. The predicted octanol–water partition coefficient (Wildman–Crippen LogP) is 5.00. The predicted molar refractivity (Wildman–Crippen MR) is 132 cm³/mol. The molecule has 1 atom stereocenters. The van der Waals surface area contributed by atoms with Crippen LogP contribution in [-0.4, -0.2) is 51.1 Å². The standard InChI is InChI=1S/C26H37NO5S/c1-4-6-10-16-27(17-11-7-5-2)26(29)23(19-25(28)32-3)20-33(30,31)24-15-14-21-12-8-9-13-22(21)18-24/h8-9,12-15,18,23H,4-7,10-11,16-17,19-20H2,1-3H3. The minimum atomic E-state index is -3.79. The van der Waals surface area contributed by atoms with Gasteiger partial charge in [-0.15, -0.1) is 0 Å². The Morgan fingerprint density at radius 2 is 1.52 bits per heavy atom. The molecule has 0 spiro atoms. The van der Waals surface area contributed by atoms with Crippen molar-refractivity contribution in [2.45, 2.75) is 63.7 Å². The molecule has 0 bridgehead atoms. The van der Waals surface area contributed by atoms with E-state index in [1.54, 1.807) is 23.1 Å². The van der Waals surface area contributed by atoms with Crippen molar-refractivity contribution in [1.29, 1.82) is 0 Å². The molecular formula is C26H37NO5S. The van der Waals surface area contributed by atoms with Gasteiger partial charge >= 0.3 is 5.97 Å². The molecule has 33 heavy (non-hydrogen) atoms. The lowest BCUT2D eigenvalue weighted by Gasteiger charge is -2.27.